The summed E-state index contributed by atoms with van der Waals surface area (Å²) in [4.78, 5) is 14.7. The maximum absolute atomic E-state index is 12.6. The zero-order valence-corrected chi connectivity index (χ0v) is 13.8. The molecule has 1 saturated heterocycles. The molecule has 0 spiro atoms. The predicted molar refractivity (Wildman–Crippen MR) is 84.5 cm³/mol. The second-order valence-electron chi connectivity index (χ2n) is 5.54. The smallest absolute Gasteiger partial charge is 0.241 e. The zero-order chi connectivity index (χ0) is 14.3. The van der Waals surface area contributed by atoms with Crippen LogP contribution in [0.5, 0.6) is 0 Å². The first kappa shape index (κ1) is 16.8. The van der Waals surface area contributed by atoms with Gasteiger partial charge in [-0.1, -0.05) is 33.1 Å². The Bertz CT molecular complexity index is 273. The number of unbranched alkanes of at least 4 members (excludes halogenated alkanes) is 1. The van der Waals surface area contributed by atoms with Gasteiger partial charge in [0.05, 0.1) is 12.2 Å². The van der Waals surface area contributed by atoms with E-state index in [0.717, 1.165) is 44.3 Å². The minimum absolute atomic E-state index is 0.0632. The van der Waals surface area contributed by atoms with E-state index in [1.807, 2.05) is 11.8 Å². The van der Waals surface area contributed by atoms with E-state index in [0.29, 0.717) is 11.9 Å². The van der Waals surface area contributed by atoms with Crippen LogP contribution >= 0.6 is 11.8 Å². The molecule has 0 aliphatic carbocycles. The summed E-state index contributed by atoms with van der Waals surface area (Å²) >= 11 is 1.86. The van der Waals surface area contributed by atoms with Gasteiger partial charge >= 0.3 is 0 Å². The molecule has 0 aromatic carbocycles. The number of hydrogen-bond donors (Lipinski definition) is 1. The van der Waals surface area contributed by atoms with Crippen molar-refractivity contribution < 1.29 is 4.79 Å². The van der Waals surface area contributed by atoms with Crippen LogP contribution in [-0.2, 0) is 4.79 Å². The number of carbonyl (C=O) groups excluding carboxylic acids is 1. The highest BCUT2D eigenvalue weighted by atomic mass is 32.2. The Kier molecular flexibility index (Phi) is 7.84. The largest absolute Gasteiger partial charge is 0.323 e. The van der Waals surface area contributed by atoms with E-state index in [-0.39, 0.29) is 12.2 Å². The summed E-state index contributed by atoms with van der Waals surface area (Å²) in [6.07, 6.45) is 8.95. The van der Waals surface area contributed by atoms with Gasteiger partial charge in [-0.05, 0) is 38.2 Å². The molecule has 1 aliphatic heterocycles. The molecule has 3 nitrogen and oxygen atoms in total. The third kappa shape index (κ3) is 4.67. The summed E-state index contributed by atoms with van der Waals surface area (Å²) in [5.74, 6) is 1.46. The number of nitrogens with zero attached hydrogens (tertiary/aromatic N) is 1. The van der Waals surface area contributed by atoms with Crippen molar-refractivity contribution in [1.29, 1.82) is 0 Å². The fraction of sp³-hybridized carbons (Fsp3) is 0.933. The van der Waals surface area contributed by atoms with Gasteiger partial charge < -0.3 is 4.90 Å². The Labute approximate surface area is 122 Å². The summed E-state index contributed by atoms with van der Waals surface area (Å²) in [5.41, 5.74) is 0. The fourth-order valence-corrected chi connectivity index (χ4v) is 3.36. The molecule has 1 heterocycles. The van der Waals surface area contributed by atoms with Gasteiger partial charge in [0.15, 0.2) is 0 Å². The quantitative estimate of drug-likeness (QED) is 0.706. The number of rotatable bonds is 9. The van der Waals surface area contributed by atoms with Crippen molar-refractivity contribution in [2.24, 2.45) is 0 Å². The lowest BCUT2D eigenvalue weighted by Crippen LogP contribution is -2.43. The number of hydrogen-bond acceptors (Lipinski definition) is 3. The Morgan fingerprint density at radius 1 is 1.32 bits per heavy atom. The molecule has 3 unspecified atom stereocenters. The molecular formula is C15H30N2OS. The normalized spacial score (nSPS) is 25.1. The maximum atomic E-state index is 12.6. The lowest BCUT2D eigenvalue weighted by atomic mass is 10.1. The van der Waals surface area contributed by atoms with Gasteiger partial charge in [0.2, 0.25) is 5.91 Å². The van der Waals surface area contributed by atoms with Gasteiger partial charge in [0.1, 0.15) is 0 Å². The topological polar surface area (TPSA) is 32.3 Å². The minimum Gasteiger partial charge on any atom is -0.323 e. The van der Waals surface area contributed by atoms with Gasteiger partial charge in [0.25, 0.3) is 0 Å². The zero-order valence-electron chi connectivity index (χ0n) is 12.9. The molecule has 0 saturated carbocycles. The van der Waals surface area contributed by atoms with Crippen molar-refractivity contribution >= 4 is 17.7 Å². The molecule has 19 heavy (non-hydrogen) atoms. The van der Waals surface area contributed by atoms with E-state index in [9.17, 15) is 4.79 Å². The molecule has 0 aromatic heterocycles. The van der Waals surface area contributed by atoms with Crippen molar-refractivity contribution in [2.45, 2.75) is 77.5 Å². The van der Waals surface area contributed by atoms with Crippen LogP contribution in [0.25, 0.3) is 0 Å². The molecule has 1 N–H and O–H groups in total. The number of amides is 1. The summed E-state index contributed by atoms with van der Waals surface area (Å²) in [6.45, 7) is 6.57. The van der Waals surface area contributed by atoms with E-state index in [1.165, 1.54) is 0 Å². The van der Waals surface area contributed by atoms with E-state index in [4.69, 9.17) is 0 Å². The lowest BCUT2D eigenvalue weighted by Gasteiger charge is -2.30. The first-order valence-electron chi connectivity index (χ1n) is 7.72. The van der Waals surface area contributed by atoms with Crippen LogP contribution in [0.4, 0.5) is 0 Å². The Morgan fingerprint density at radius 2 is 2.05 bits per heavy atom. The van der Waals surface area contributed by atoms with Crippen LogP contribution in [0.1, 0.15) is 59.3 Å². The van der Waals surface area contributed by atoms with Crippen LogP contribution in [0, 0.1) is 0 Å². The monoisotopic (exact) mass is 286 g/mol. The highest BCUT2D eigenvalue weighted by Crippen LogP contribution is 2.23. The third-order valence-electron chi connectivity index (χ3n) is 3.91. The number of nitrogens with one attached hydrogen (secondary N) is 1. The SMILES string of the molecule is CCCCC1NC(CCC)N(C(C)CCSC)C1=O. The molecule has 0 radical (unpaired) electrons. The molecule has 0 aromatic rings. The first-order chi connectivity index (χ1) is 9.15. The molecule has 112 valence electrons. The standard InChI is InChI=1S/C15H30N2OS/c1-5-7-9-13-15(18)17(12(3)10-11-19-4)14(16-13)8-6-2/h12-14,16H,5-11H2,1-4H3. The van der Waals surface area contributed by atoms with Gasteiger partial charge in [0, 0.05) is 6.04 Å². The van der Waals surface area contributed by atoms with Crippen molar-refractivity contribution in [3.63, 3.8) is 0 Å². The Balaban J connectivity index is 2.65. The van der Waals surface area contributed by atoms with Crippen LogP contribution < -0.4 is 5.32 Å². The van der Waals surface area contributed by atoms with Gasteiger partial charge in [-0.25, -0.2) is 0 Å². The first-order valence-corrected chi connectivity index (χ1v) is 9.12. The Morgan fingerprint density at radius 3 is 2.63 bits per heavy atom. The second-order valence-corrected chi connectivity index (χ2v) is 6.53. The van der Waals surface area contributed by atoms with Crippen molar-refractivity contribution in [1.82, 2.24) is 10.2 Å². The van der Waals surface area contributed by atoms with Crippen LogP contribution in [0.15, 0.2) is 0 Å². The van der Waals surface area contributed by atoms with E-state index >= 15 is 0 Å². The van der Waals surface area contributed by atoms with Gasteiger partial charge in [-0.15, -0.1) is 0 Å². The molecule has 1 amide bonds. The number of thioether (sulfide) groups is 1. The van der Waals surface area contributed by atoms with Crippen LogP contribution in [-0.4, -0.2) is 41.1 Å². The average Bonchev–Trinajstić information content (AvgIpc) is 2.70. The third-order valence-corrected chi connectivity index (χ3v) is 4.55. The van der Waals surface area contributed by atoms with Crippen LogP contribution in [0.3, 0.4) is 0 Å². The molecule has 1 rings (SSSR count). The maximum Gasteiger partial charge on any atom is 0.241 e. The van der Waals surface area contributed by atoms with Gasteiger partial charge in [-0.3, -0.25) is 10.1 Å². The second kappa shape index (κ2) is 8.85. The molecule has 1 aliphatic rings. The summed E-state index contributed by atoms with van der Waals surface area (Å²) in [5, 5.41) is 3.55. The molecule has 3 atom stereocenters. The molecular weight excluding hydrogens is 256 g/mol. The average molecular weight is 286 g/mol. The number of carbonyl (C=O) groups is 1. The highest BCUT2D eigenvalue weighted by molar-refractivity contribution is 7.98. The van der Waals surface area contributed by atoms with Crippen molar-refractivity contribution in [3.05, 3.63) is 0 Å². The van der Waals surface area contributed by atoms with Crippen molar-refractivity contribution in [2.75, 3.05) is 12.0 Å². The van der Waals surface area contributed by atoms with E-state index in [2.05, 4.69) is 37.2 Å². The molecule has 0 bridgehead atoms. The van der Waals surface area contributed by atoms with E-state index < -0.39 is 0 Å². The Hall–Kier alpha value is -0.220. The summed E-state index contributed by atoms with van der Waals surface area (Å²) < 4.78 is 0. The minimum atomic E-state index is 0.0632. The molecule has 1 fully saturated rings. The summed E-state index contributed by atoms with van der Waals surface area (Å²) in [7, 11) is 0. The fourth-order valence-electron chi connectivity index (χ4n) is 2.78. The highest BCUT2D eigenvalue weighted by Gasteiger charge is 2.39. The molecule has 4 heteroatoms. The lowest BCUT2D eigenvalue weighted by molar-refractivity contribution is -0.132. The summed E-state index contributed by atoms with van der Waals surface area (Å²) in [6, 6.07) is 0.420. The predicted octanol–water partition coefficient (Wildman–Crippen LogP) is 3.24. The van der Waals surface area contributed by atoms with Crippen molar-refractivity contribution in [3.8, 4) is 0 Å². The van der Waals surface area contributed by atoms with Gasteiger partial charge in [-0.2, -0.15) is 11.8 Å². The van der Waals surface area contributed by atoms with E-state index in [1.54, 1.807) is 0 Å². The van der Waals surface area contributed by atoms with Crippen LogP contribution in [0.2, 0.25) is 0 Å².